The van der Waals surface area contributed by atoms with Crippen molar-refractivity contribution in [2.24, 2.45) is 5.10 Å². The summed E-state index contributed by atoms with van der Waals surface area (Å²) in [4.78, 5) is 11.8. The van der Waals surface area contributed by atoms with Gasteiger partial charge in [-0.1, -0.05) is 65.7 Å². The lowest BCUT2D eigenvalue weighted by Gasteiger charge is -2.07. The van der Waals surface area contributed by atoms with E-state index in [1.54, 1.807) is 24.4 Å². The summed E-state index contributed by atoms with van der Waals surface area (Å²) in [5, 5.41) is 7.01. The highest BCUT2D eigenvalue weighted by Crippen LogP contribution is 2.27. The van der Waals surface area contributed by atoms with Gasteiger partial charge in [-0.15, -0.1) is 0 Å². The molecule has 0 fully saturated rings. The fourth-order valence-electron chi connectivity index (χ4n) is 2.30. The Morgan fingerprint density at radius 2 is 1.88 bits per heavy atom. The molecule has 0 saturated heterocycles. The highest BCUT2D eigenvalue weighted by molar-refractivity contribution is 6.34. The zero-order chi connectivity index (χ0) is 17.6. The van der Waals surface area contributed by atoms with Crippen molar-refractivity contribution in [2.45, 2.75) is 0 Å². The summed E-state index contributed by atoms with van der Waals surface area (Å²) in [6.45, 7) is -0.215. The lowest BCUT2D eigenvalue weighted by molar-refractivity contribution is -0.123. The minimum Gasteiger partial charge on any atom is -0.482 e. The van der Waals surface area contributed by atoms with Crippen LogP contribution in [0.1, 0.15) is 5.56 Å². The molecule has 1 amide bonds. The molecular weight excluding hydrogens is 359 g/mol. The molecule has 1 N–H and O–H groups in total. The normalized spacial score (nSPS) is 11.0. The average molecular weight is 373 g/mol. The topological polar surface area (TPSA) is 50.7 Å². The Hall–Kier alpha value is -2.56. The number of rotatable bonds is 5. The van der Waals surface area contributed by atoms with Crippen LogP contribution >= 0.6 is 23.2 Å². The summed E-state index contributed by atoms with van der Waals surface area (Å²) in [6.07, 6.45) is 1.60. The van der Waals surface area contributed by atoms with Crippen molar-refractivity contribution >= 4 is 46.1 Å². The van der Waals surface area contributed by atoms with Crippen LogP contribution in [-0.4, -0.2) is 18.7 Å². The standard InChI is InChI=1S/C19H14Cl2N2O2/c20-15-8-9-17(21)18(10-15)25-12-19(24)23-22-11-14-6-3-5-13-4-1-2-7-16(13)14/h1-11H,12H2,(H,23,24). The number of benzene rings is 3. The van der Waals surface area contributed by atoms with Gasteiger partial charge < -0.3 is 4.74 Å². The second kappa shape index (κ2) is 8.01. The maximum Gasteiger partial charge on any atom is 0.277 e. The van der Waals surface area contributed by atoms with Crippen LogP contribution in [0.3, 0.4) is 0 Å². The summed E-state index contributed by atoms with van der Waals surface area (Å²) >= 11 is 11.8. The second-order valence-corrected chi connectivity index (χ2v) is 6.07. The quantitative estimate of drug-likeness (QED) is 0.522. The van der Waals surface area contributed by atoms with E-state index in [0.717, 1.165) is 16.3 Å². The minimum atomic E-state index is -0.396. The Bertz CT molecular complexity index is 936. The molecule has 25 heavy (non-hydrogen) atoms. The lowest BCUT2D eigenvalue weighted by atomic mass is 10.1. The van der Waals surface area contributed by atoms with E-state index in [-0.39, 0.29) is 6.61 Å². The van der Waals surface area contributed by atoms with Crippen molar-refractivity contribution in [3.05, 3.63) is 76.3 Å². The summed E-state index contributed by atoms with van der Waals surface area (Å²) in [7, 11) is 0. The van der Waals surface area contributed by atoms with E-state index >= 15 is 0 Å². The molecule has 3 rings (SSSR count). The molecule has 3 aromatic rings. The van der Waals surface area contributed by atoms with Crippen LogP contribution in [0.25, 0.3) is 10.8 Å². The molecule has 0 unspecified atom stereocenters. The number of ether oxygens (including phenoxy) is 1. The van der Waals surface area contributed by atoms with Gasteiger partial charge in [0.2, 0.25) is 0 Å². The predicted molar refractivity (Wildman–Crippen MR) is 102 cm³/mol. The van der Waals surface area contributed by atoms with E-state index < -0.39 is 5.91 Å². The molecular formula is C19H14Cl2N2O2. The van der Waals surface area contributed by atoms with E-state index in [1.807, 2.05) is 42.5 Å². The Balaban J connectivity index is 1.60. The van der Waals surface area contributed by atoms with Crippen LogP contribution in [0.5, 0.6) is 5.75 Å². The average Bonchev–Trinajstić information content (AvgIpc) is 2.62. The van der Waals surface area contributed by atoms with Gasteiger partial charge >= 0.3 is 0 Å². The third kappa shape index (κ3) is 4.50. The molecule has 0 spiro atoms. The van der Waals surface area contributed by atoms with Gasteiger partial charge in [-0.25, -0.2) is 5.43 Å². The predicted octanol–water partition coefficient (Wildman–Crippen LogP) is 4.68. The van der Waals surface area contributed by atoms with Crippen LogP contribution < -0.4 is 10.2 Å². The van der Waals surface area contributed by atoms with Crippen molar-refractivity contribution in [1.29, 1.82) is 0 Å². The van der Waals surface area contributed by atoms with Gasteiger partial charge in [-0.05, 0) is 22.9 Å². The number of nitrogens with one attached hydrogen (secondary N) is 1. The zero-order valence-corrected chi connectivity index (χ0v) is 14.6. The maximum absolute atomic E-state index is 11.8. The highest BCUT2D eigenvalue weighted by Gasteiger charge is 2.06. The van der Waals surface area contributed by atoms with Crippen LogP contribution in [0.2, 0.25) is 10.0 Å². The first kappa shape index (κ1) is 17.3. The van der Waals surface area contributed by atoms with Crippen molar-refractivity contribution in [3.63, 3.8) is 0 Å². The van der Waals surface area contributed by atoms with Gasteiger partial charge in [0.05, 0.1) is 11.2 Å². The summed E-state index contributed by atoms with van der Waals surface area (Å²) < 4.78 is 5.35. The molecule has 126 valence electrons. The van der Waals surface area contributed by atoms with E-state index in [9.17, 15) is 4.79 Å². The number of hydrogen-bond acceptors (Lipinski definition) is 3. The number of amides is 1. The Labute approximate surface area is 155 Å². The molecule has 0 bridgehead atoms. The number of hydrogen-bond donors (Lipinski definition) is 1. The molecule has 0 atom stereocenters. The minimum absolute atomic E-state index is 0.215. The van der Waals surface area contributed by atoms with Crippen molar-refractivity contribution in [2.75, 3.05) is 6.61 Å². The summed E-state index contributed by atoms with van der Waals surface area (Å²) in [5.41, 5.74) is 3.34. The molecule has 0 saturated carbocycles. The number of hydrazone groups is 1. The molecule has 3 aromatic carbocycles. The monoisotopic (exact) mass is 372 g/mol. The summed E-state index contributed by atoms with van der Waals surface area (Å²) in [5.74, 6) is -0.0464. The third-order valence-electron chi connectivity index (χ3n) is 3.47. The summed E-state index contributed by atoms with van der Waals surface area (Å²) in [6, 6.07) is 18.7. The van der Waals surface area contributed by atoms with Gasteiger partial charge in [-0.3, -0.25) is 4.79 Å². The van der Waals surface area contributed by atoms with Crippen LogP contribution in [0, 0.1) is 0 Å². The molecule has 4 nitrogen and oxygen atoms in total. The smallest absolute Gasteiger partial charge is 0.277 e. The van der Waals surface area contributed by atoms with E-state index in [4.69, 9.17) is 27.9 Å². The molecule has 6 heteroatoms. The fraction of sp³-hybridized carbons (Fsp3) is 0.0526. The molecule has 0 aromatic heterocycles. The van der Waals surface area contributed by atoms with Crippen molar-refractivity contribution < 1.29 is 9.53 Å². The number of halogens is 2. The first-order valence-corrected chi connectivity index (χ1v) is 8.26. The number of nitrogens with zero attached hydrogens (tertiary/aromatic N) is 1. The van der Waals surface area contributed by atoms with Gasteiger partial charge in [0, 0.05) is 16.7 Å². The van der Waals surface area contributed by atoms with Crippen molar-refractivity contribution in [1.82, 2.24) is 5.43 Å². The third-order valence-corrected chi connectivity index (χ3v) is 4.02. The SMILES string of the molecule is O=C(COc1cc(Cl)ccc1Cl)NN=Cc1cccc2ccccc12. The van der Waals surface area contributed by atoms with E-state index in [2.05, 4.69) is 10.5 Å². The maximum atomic E-state index is 11.8. The Morgan fingerprint density at radius 1 is 1.08 bits per heavy atom. The molecule has 0 heterocycles. The number of carbonyl (C=O) groups is 1. The Kier molecular flexibility index (Phi) is 5.53. The second-order valence-electron chi connectivity index (χ2n) is 5.22. The molecule has 0 aliphatic carbocycles. The number of carbonyl (C=O) groups excluding carboxylic acids is 1. The molecule has 0 aliphatic heterocycles. The van der Waals surface area contributed by atoms with Crippen LogP contribution in [0.15, 0.2) is 65.8 Å². The van der Waals surface area contributed by atoms with E-state index in [1.165, 1.54) is 0 Å². The first-order chi connectivity index (χ1) is 12.1. The largest absolute Gasteiger partial charge is 0.482 e. The van der Waals surface area contributed by atoms with Gasteiger partial charge in [-0.2, -0.15) is 5.10 Å². The first-order valence-electron chi connectivity index (χ1n) is 7.51. The highest BCUT2D eigenvalue weighted by atomic mass is 35.5. The van der Waals surface area contributed by atoms with E-state index in [0.29, 0.717) is 15.8 Å². The van der Waals surface area contributed by atoms with Gasteiger partial charge in [0.15, 0.2) is 6.61 Å². The molecule has 0 radical (unpaired) electrons. The molecule has 0 aliphatic rings. The van der Waals surface area contributed by atoms with Crippen LogP contribution in [0.4, 0.5) is 0 Å². The lowest BCUT2D eigenvalue weighted by Crippen LogP contribution is -2.24. The van der Waals surface area contributed by atoms with Gasteiger partial charge in [0.25, 0.3) is 5.91 Å². The Morgan fingerprint density at radius 3 is 2.76 bits per heavy atom. The van der Waals surface area contributed by atoms with Gasteiger partial charge in [0.1, 0.15) is 5.75 Å². The fourth-order valence-corrected chi connectivity index (χ4v) is 2.63. The number of fused-ring (bicyclic) bond motifs is 1. The van der Waals surface area contributed by atoms with Crippen LogP contribution in [-0.2, 0) is 4.79 Å². The van der Waals surface area contributed by atoms with Crippen molar-refractivity contribution in [3.8, 4) is 5.75 Å². The zero-order valence-electron chi connectivity index (χ0n) is 13.1.